The van der Waals surface area contributed by atoms with Gasteiger partial charge in [0, 0.05) is 38.6 Å². The zero-order chi connectivity index (χ0) is 16.3. The Kier molecular flexibility index (Phi) is 7.17. The third-order valence-electron chi connectivity index (χ3n) is 4.21. The van der Waals surface area contributed by atoms with Gasteiger partial charge >= 0.3 is 6.18 Å². The SMILES string of the molecule is Cc1cc(O)cc(C)c1[C@H](CCC(F)(F)F)N1CCNCC1.Cl. The maximum atomic E-state index is 12.7. The highest BCUT2D eigenvalue weighted by Gasteiger charge is 2.32. The number of phenolic OH excluding ortho intramolecular Hbond substituents is 1. The van der Waals surface area contributed by atoms with Gasteiger partial charge < -0.3 is 10.4 Å². The summed E-state index contributed by atoms with van der Waals surface area (Å²) in [5.41, 5.74) is 2.62. The summed E-state index contributed by atoms with van der Waals surface area (Å²) < 4.78 is 38.1. The van der Waals surface area contributed by atoms with Gasteiger partial charge in [0.2, 0.25) is 0 Å². The van der Waals surface area contributed by atoms with Crippen molar-refractivity contribution >= 4 is 12.4 Å². The average Bonchev–Trinajstić information content (AvgIpc) is 2.41. The number of rotatable bonds is 4. The molecule has 0 unspecified atom stereocenters. The Bertz CT molecular complexity index is 494. The second kappa shape index (κ2) is 8.22. The first-order valence-electron chi connectivity index (χ1n) is 7.59. The van der Waals surface area contributed by atoms with E-state index in [0.717, 1.165) is 42.9 Å². The maximum absolute atomic E-state index is 12.7. The third kappa shape index (κ3) is 5.55. The molecule has 1 aromatic rings. The first-order chi connectivity index (χ1) is 10.3. The number of nitrogens with zero attached hydrogens (tertiary/aromatic N) is 1. The number of aryl methyl sites for hydroxylation is 2. The summed E-state index contributed by atoms with van der Waals surface area (Å²) in [4.78, 5) is 2.12. The molecular formula is C16H24ClF3N2O. The molecule has 1 aliphatic rings. The fourth-order valence-corrected chi connectivity index (χ4v) is 3.28. The molecule has 1 atom stereocenters. The van der Waals surface area contributed by atoms with E-state index >= 15 is 0 Å². The minimum atomic E-state index is -4.15. The minimum Gasteiger partial charge on any atom is -0.508 e. The van der Waals surface area contributed by atoms with Crippen LogP contribution in [-0.4, -0.2) is 42.4 Å². The molecule has 1 fully saturated rings. The lowest BCUT2D eigenvalue weighted by molar-refractivity contribution is -0.138. The Labute approximate surface area is 141 Å². The quantitative estimate of drug-likeness (QED) is 0.867. The molecule has 0 aromatic heterocycles. The van der Waals surface area contributed by atoms with Gasteiger partial charge in [-0.2, -0.15) is 13.2 Å². The molecule has 0 bridgehead atoms. The van der Waals surface area contributed by atoms with Gasteiger partial charge in [0.15, 0.2) is 0 Å². The summed E-state index contributed by atoms with van der Waals surface area (Å²) in [5, 5.41) is 12.9. The van der Waals surface area contributed by atoms with Crippen molar-refractivity contribution in [1.29, 1.82) is 0 Å². The van der Waals surface area contributed by atoms with Crippen LogP contribution in [-0.2, 0) is 0 Å². The number of piperazine rings is 1. The Morgan fingerprint density at radius 3 is 2.17 bits per heavy atom. The normalized spacial score (nSPS) is 17.6. The van der Waals surface area contributed by atoms with Crippen LogP contribution in [0, 0.1) is 13.8 Å². The van der Waals surface area contributed by atoms with E-state index in [0.29, 0.717) is 0 Å². The summed E-state index contributed by atoms with van der Waals surface area (Å²) in [6.07, 6.45) is -4.89. The average molecular weight is 353 g/mol. The zero-order valence-corrected chi connectivity index (χ0v) is 14.2. The standard InChI is InChI=1S/C16H23F3N2O.ClH/c1-11-9-13(22)10-12(2)15(11)14(3-4-16(17,18)19)21-7-5-20-6-8-21;/h9-10,14,20,22H,3-8H2,1-2H3;1H/t14-;/m0./s1. The maximum Gasteiger partial charge on any atom is 0.389 e. The molecule has 3 nitrogen and oxygen atoms in total. The summed E-state index contributed by atoms with van der Waals surface area (Å²) >= 11 is 0. The smallest absolute Gasteiger partial charge is 0.389 e. The van der Waals surface area contributed by atoms with E-state index in [1.807, 2.05) is 13.8 Å². The van der Waals surface area contributed by atoms with Crippen LogP contribution >= 0.6 is 12.4 Å². The van der Waals surface area contributed by atoms with Crippen LogP contribution in [0.3, 0.4) is 0 Å². The van der Waals surface area contributed by atoms with Gasteiger partial charge in [0.25, 0.3) is 0 Å². The van der Waals surface area contributed by atoms with Crippen molar-refractivity contribution in [2.24, 2.45) is 0 Å². The summed E-state index contributed by atoms with van der Waals surface area (Å²) in [6, 6.07) is 3.00. The Morgan fingerprint density at radius 1 is 1.17 bits per heavy atom. The van der Waals surface area contributed by atoms with E-state index in [-0.39, 0.29) is 30.6 Å². The van der Waals surface area contributed by atoms with Crippen LogP contribution in [0.1, 0.15) is 35.6 Å². The summed E-state index contributed by atoms with van der Waals surface area (Å²) in [5.74, 6) is 0.161. The molecule has 0 spiro atoms. The predicted octanol–water partition coefficient (Wildman–Crippen LogP) is 3.72. The van der Waals surface area contributed by atoms with E-state index < -0.39 is 12.6 Å². The fourth-order valence-electron chi connectivity index (χ4n) is 3.28. The number of aromatic hydroxyl groups is 1. The van der Waals surface area contributed by atoms with Gasteiger partial charge in [-0.25, -0.2) is 0 Å². The Hall–Kier alpha value is -0.980. The van der Waals surface area contributed by atoms with Gasteiger partial charge in [-0.05, 0) is 49.1 Å². The van der Waals surface area contributed by atoms with Gasteiger partial charge in [-0.3, -0.25) is 4.90 Å². The highest BCUT2D eigenvalue weighted by atomic mass is 35.5. The number of hydrogen-bond acceptors (Lipinski definition) is 3. The second-order valence-corrected chi connectivity index (χ2v) is 5.95. The van der Waals surface area contributed by atoms with E-state index in [2.05, 4.69) is 10.2 Å². The van der Waals surface area contributed by atoms with Crippen molar-refractivity contribution < 1.29 is 18.3 Å². The lowest BCUT2D eigenvalue weighted by atomic mass is 9.91. The molecule has 1 saturated heterocycles. The molecule has 132 valence electrons. The predicted molar refractivity (Wildman–Crippen MR) is 87.3 cm³/mol. The van der Waals surface area contributed by atoms with Gasteiger partial charge in [0.1, 0.15) is 5.75 Å². The van der Waals surface area contributed by atoms with Crippen molar-refractivity contribution in [2.45, 2.75) is 38.9 Å². The number of phenols is 1. The second-order valence-electron chi connectivity index (χ2n) is 5.95. The van der Waals surface area contributed by atoms with E-state index in [1.165, 1.54) is 0 Å². The molecule has 7 heteroatoms. The molecule has 0 radical (unpaired) electrons. The minimum absolute atomic E-state index is 0. The van der Waals surface area contributed by atoms with Crippen molar-refractivity contribution in [3.8, 4) is 5.75 Å². The lowest BCUT2D eigenvalue weighted by Gasteiger charge is -2.37. The molecular weight excluding hydrogens is 329 g/mol. The molecule has 2 rings (SSSR count). The topological polar surface area (TPSA) is 35.5 Å². The van der Waals surface area contributed by atoms with Crippen LogP contribution in [0.5, 0.6) is 5.75 Å². The first-order valence-corrected chi connectivity index (χ1v) is 7.59. The highest BCUT2D eigenvalue weighted by molar-refractivity contribution is 5.85. The summed E-state index contributed by atoms with van der Waals surface area (Å²) in [7, 11) is 0. The fraction of sp³-hybridized carbons (Fsp3) is 0.625. The Balaban J connectivity index is 0.00000264. The first kappa shape index (κ1) is 20.1. The van der Waals surface area contributed by atoms with Crippen LogP contribution in [0.25, 0.3) is 0 Å². The Morgan fingerprint density at radius 2 is 1.70 bits per heavy atom. The molecule has 0 aliphatic carbocycles. The van der Waals surface area contributed by atoms with Crippen LogP contribution < -0.4 is 5.32 Å². The summed E-state index contributed by atoms with van der Waals surface area (Å²) in [6.45, 7) is 6.76. The van der Waals surface area contributed by atoms with Crippen molar-refractivity contribution in [3.63, 3.8) is 0 Å². The molecule has 2 N–H and O–H groups in total. The molecule has 1 aromatic carbocycles. The largest absolute Gasteiger partial charge is 0.508 e. The molecule has 0 saturated carbocycles. The van der Waals surface area contributed by atoms with Crippen molar-refractivity contribution in [3.05, 3.63) is 28.8 Å². The van der Waals surface area contributed by atoms with Gasteiger partial charge in [0.05, 0.1) is 0 Å². The van der Waals surface area contributed by atoms with E-state index in [4.69, 9.17) is 0 Å². The molecule has 0 amide bonds. The molecule has 1 heterocycles. The number of nitrogens with one attached hydrogen (secondary N) is 1. The van der Waals surface area contributed by atoms with Crippen LogP contribution in [0.4, 0.5) is 13.2 Å². The number of alkyl halides is 3. The van der Waals surface area contributed by atoms with E-state index in [9.17, 15) is 18.3 Å². The molecule has 1 aliphatic heterocycles. The van der Waals surface area contributed by atoms with Crippen LogP contribution in [0.2, 0.25) is 0 Å². The highest BCUT2D eigenvalue weighted by Crippen LogP contribution is 2.36. The van der Waals surface area contributed by atoms with Gasteiger partial charge in [-0.15, -0.1) is 12.4 Å². The van der Waals surface area contributed by atoms with Crippen molar-refractivity contribution in [2.75, 3.05) is 26.2 Å². The molecule has 23 heavy (non-hydrogen) atoms. The van der Waals surface area contributed by atoms with Crippen molar-refractivity contribution in [1.82, 2.24) is 10.2 Å². The lowest BCUT2D eigenvalue weighted by Crippen LogP contribution is -2.45. The third-order valence-corrected chi connectivity index (χ3v) is 4.21. The van der Waals surface area contributed by atoms with Crippen LogP contribution in [0.15, 0.2) is 12.1 Å². The van der Waals surface area contributed by atoms with E-state index in [1.54, 1.807) is 12.1 Å². The van der Waals surface area contributed by atoms with Gasteiger partial charge in [-0.1, -0.05) is 0 Å². The number of hydrogen-bond donors (Lipinski definition) is 2. The zero-order valence-electron chi connectivity index (χ0n) is 13.4. The number of halogens is 4. The monoisotopic (exact) mass is 352 g/mol. The number of benzene rings is 1.